The second-order valence-electron chi connectivity index (χ2n) is 2.84. The van der Waals surface area contributed by atoms with Gasteiger partial charge in [0.25, 0.3) is 0 Å². The van der Waals surface area contributed by atoms with Crippen molar-refractivity contribution in [1.29, 1.82) is 0 Å². The molecule has 0 aliphatic rings. The van der Waals surface area contributed by atoms with Crippen LogP contribution in [0.3, 0.4) is 0 Å². The van der Waals surface area contributed by atoms with Gasteiger partial charge in [-0.1, -0.05) is 0 Å². The second-order valence-corrected chi connectivity index (χ2v) is 2.84. The topological polar surface area (TPSA) is 39.2 Å². The Hall–Kier alpha value is -1.84. The number of halogens is 2. The van der Waals surface area contributed by atoms with E-state index < -0.39 is 11.6 Å². The minimum atomic E-state index is -0.758. The van der Waals surface area contributed by atoms with E-state index >= 15 is 0 Å². The first-order valence-corrected chi connectivity index (χ1v) is 3.96. The summed E-state index contributed by atoms with van der Waals surface area (Å²) in [5.41, 5.74) is 5.43. The Morgan fingerprint density at radius 1 is 1.14 bits per heavy atom. The Bertz CT molecular complexity index is 451. The van der Waals surface area contributed by atoms with Crippen LogP contribution in [0.2, 0.25) is 0 Å². The van der Waals surface area contributed by atoms with Gasteiger partial charge < -0.3 is 10.2 Å². The van der Waals surface area contributed by atoms with Crippen molar-refractivity contribution in [2.75, 3.05) is 5.73 Å². The molecule has 1 heterocycles. The van der Waals surface area contributed by atoms with Crippen molar-refractivity contribution in [3.05, 3.63) is 42.4 Å². The number of nitrogens with two attached hydrogens (primary N) is 1. The van der Waals surface area contributed by atoms with Gasteiger partial charge in [0.05, 0.1) is 23.8 Å². The third kappa shape index (κ3) is 1.25. The molecular formula is C10H7F2NO. The molecule has 2 rings (SSSR count). The molecule has 2 N–H and O–H groups in total. The van der Waals surface area contributed by atoms with Gasteiger partial charge in [-0.15, -0.1) is 0 Å². The Morgan fingerprint density at radius 2 is 1.93 bits per heavy atom. The first-order valence-electron chi connectivity index (χ1n) is 3.96. The fourth-order valence-electron chi connectivity index (χ4n) is 1.24. The van der Waals surface area contributed by atoms with Crippen molar-refractivity contribution in [2.45, 2.75) is 0 Å². The highest BCUT2D eigenvalue weighted by molar-refractivity contribution is 5.68. The number of rotatable bonds is 1. The lowest BCUT2D eigenvalue weighted by Gasteiger charge is -2.03. The van der Waals surface area contributed by atoms with Crippen molar-refractivity contribution < 1.29 is 13.2 Å². The maximum absolute atomic E-state index is 13.4. The SMILES string of the molecule is Nc1ccc(F)c(-c2ccoc2)c1F. The van der Waals surface area contributed by atoms with Gasteiger partial charge in [0.1, 0.15) is 5.82 Å². The predicted octanol–water partition coefficient (Wildman–Crippen LogP) is 2.81. The van der Waals surface area contributed by atoms with Crippen LogP contribution in [-0.2, 0) is 0 Å². The Kier molecular flexibility index (Phi) is 1.96. The number of nitrogen functional groups attached to an aromatic ring is 1. The summed E-state index contributed by atoms with van der Waals surface area (Å²) in [5.74, 6) is -1.41. The van der Waals surface area contributed by atoms with Crippen molar-refractivity contribution in [3.63, 3.8) is 0 Å². The summed E-state index contributed by atoms with van der Waals surface area (Å²) in [6.07, 6.45) is 2.61. The quantitative estimate of drug-likeness (QED) is 0.710. The largest absolute Gasteiger partial charge is 0.472 e. The number of hydrogen-bond acceptors (Lipinski definition) is 2. The molecule has 0 spiro atoms. The summed E-state index contributed by atoms with van der Waals surface area (Å²) in [6, 6.07) is 3.79. The molecule has 72 valence electrons. The van der Waals surface area contributed by atoms with Gasteiger partial charge in [-0.3, -0.25) is 0 Å². The molecule has 4 heteroatoms. The summed E-state index contributed by atoms with van der Waals surface area (Å²) in [7, 11) is 0. The molecule has 1 aromatic carbocycles. The summed E-state index contributed by atoms with van der Waals surface area (Å²) >= 11 is 0. The van der Waals surface area contributed by atoms with E-state index in [1.807, 2.05) is 0 Å². The van der Waals surface area contributed by atoms with Gasteiger partial charge in [0, 0.05) is 5.56 Å². The molecule has 0 radical (unpaired) electrons. The minimum Gasteiger partial charge on any atom is -0.472 e. The highest BCUT2D eigenvalue weighted by Gasteiger charge is 2.14. The average Bonchev–Trinajstić information content (AvgIpc) is 2.65. The third-order valence-corrected chi connectivity index (χ3v) is 1.93. The molecular weight excluding hydrogens is 188 g/mol. The van der Waals surface area contributed by atoms with Crippen LogP contribution >= 0.6 is 0 Å². The minimum absolute atomic E-state index is 0.0809. The van der Waals surface area contributed by atoms with Crippen LogP contribution in [0.1, 0.15) is 0 Å². The first kappa shape index (κ1) is 8.74. The molecule has 0 amide bonds. The van der Waals surface area contributed by atoms with E-state index in [1.54, 1.807) is 0 Å². The highest BCUT2D eigenvalue weighted by Crippen LogP contribution is 2.29. The second kappa shape index (κ2) is 3.14. The van der Waals surface area contributed by atoms with Gasteiger partial charge in [-0.05, 0) is 18.2 Å². The molecule has 0 atom stereocenters. The van der Waals surface area contributed by atoms with E-state index in [0.29, 0.717) is 5.56 Å². The monoisotopic (exact) mass is 195 g/mol. The van der Waals surface area contributed by atoms with Crippen LogP contribution in [0.25, 0.3) is 11.1 Å². The lowest BCUT2D eigenvalue weighted by Crippen LogP contribution is -1.95. The molecule has 14 heavy (non-hydrogen) atoms. The highest BCUT2D eigenvalue weighted by atomic mass is 19.1. The van der Waals surface area contributed by atoms with Crippen molar-refractivity contribution in [3.8, 4) is 11.1 Å². The van der Waals surface area contributed by atoms with Crippen LogP contribution in [0.5, 0.6) is 0 Å². The maximum Gasteiger partial charge on any atom is 0.156 e. The molecule has 0 saturated heterocycles. The fraction of sp³-hybridized carbons (Fsp3) is 0. The Balaban J connectivity index is 2.69. The van der Waals surface area contributed by atoms with Crippen LogP contribution in [0.15, 0.2) is 35.1 Å². The van der Waals surface area contributed by atoms with E-state index in [-0.39, 0.29) is 11.3 Å². The van der Waals surface area contributed by atoms with Gasteiger partial charge in [0.15, 0.2) is 5.82 Å². The lowest BCUT2D eigenvalue weighted by molar-refractivity contribution is 0.565. The normalized spacial score (nSPS) is 10.4. The third-order valence-electron chi connectivity index (χ3n) is 1.93. The predicted molar refractivity (Wildman–Crippen MR) is 48.5 cm³/mol. The molecule has 0 aliphatic carbocycles. The summed E-state index contributed by atoms with van der Waals surface area (Å²) in [5, 5.41) is 0. The first-order chi connectivity index (χ1) is 6.70. The van der Waals surface area contributed by atoms with Crippen LogP contribution in [-0.4, -0.2) is 0 Å². The standard InChI is InChI=1S/C10H7F2NO/c11-7-1-2-8(13)10(12)9(7)6-3-4-14-5-6/h1-5H,13H2. The van der Waals surface area contributed by atoms with E-state index in [0.717, 1.165) is 6.07 Å². The van der Waals surface area contributed by atoms with E-state index in [2.05, 4.69) is 0 Å². The lowest BCUT2D eigenvalue weighted by atomic mass is 10.1. The summed E-state index contributed by atoms with van der Waals surface area (Å²) in [4.78, 5) is 0. The molecule has 2 nitrogen and oxygen atoms in total. The zero-order valence-electron chi connectivity index (χ0n) is 7.13. The fourth-order valence-corrected chi connectivity index (χ4v) is 1.24. The number of hydrogen-bond donors (Lipinski definition) is 1. The van der Waals surface area contributed by atoms with Gasteiger partial charge >= 0.3 is 0 Å². The molecule has 0 fully saturated rings. The molecule has 0 bridgehead atoms. The van der Waals surface area contributed by atoms with Crippen molar-refractivity contribution in [2.24, 2.45) is 0 Å². The van der Waals surface area contributed by atoms with Gasteiger partial charge in [-0.2, -0.15) is 0 Å². The smallest absolute Gasteiger partial charge is 0.156 e. The van der Waals surface area contributed by atoms with E-state index in [1.165, 1.54) is 24.7 Å². The Labute approximate surface area is 79.0 Å². The van der Waals surface area contributed by atoms with Crippen molar-refractivity contribution >= 4 is 5.69 Å². The van der Waals surface area contributed by atoms with Crippen LogP contribution in [0.4, 0.5) is 14.5 Å². The molecule has 2 aromatic rings. The van der Waals surface area contributed by atoms with Crippen molar-refractivity contribution in [1.82, 2.24) is 0 Å². The zero-order valence-corrected chi connectivity index (χ0v) is 7.13. The van der Waals surface area contributed by atoms with Crippen LogP contribution < -0.4 is 5.73 Å². The number of furan rings is 1. The summed E-state index contributed by atoms with van der Waals surface area (Å²) in [6.45, 7) is 0. The number of anilines is 1. The van der Waals surface area contributed by atoms with Gasteiger partial charge in [0.2, 0.25) is 0 Å². The summed E-state index contributed by atoms with van der Waals surface area (Å²) < 4.78 is 31.4. The van der Waals surface area contributed by atoms with Crippen LogP contribution in [0, 0.1) is 11.6 Å². The number of benzene rings is 1. The molecule has 1 aromatic heterocycles. The Morgan fingerprint density at radius 3 is 2.57 bits per heavy atom. The van der Waals surface area contributed by atoms with E-state index in [9.17, 15) is 8.78 Å². The molecule has 0 aliphatic heterocycles. The maximum atomic E-state index is 13.4. The molecule has 0 unspecified atom stereocenters. The van der Waals surface area contributed by atoms with Gasteiger partial charge in [-0.25, -0.2) is 8.78 Å². The van der Waals surface area contributed by atoms with E-state index in [4.69, 9.17) is 10.2 Å². The molecule has 0 saturated carbocycles. The average molecular weight is 195 g/mol. The zero-order chi connectivity index (χ0) is 10.1.